The maximum Gasteiger partial charge on any atom is 0.357 e. The molecule has 2 N–H and O–H groups in total. The van der Waals surface area contributed by atoms with Crippen molar-refractivity contribution in [2.24, 2.45) is 16.1 Å². The highest BCUT2D eigenvalue weighted by atomic mass is 16.4. The molecule has 0 bridgehead atoms. The molecule has 2 aliphatic heterocycles. The molecule has 2 aromatic carbocycles. The van der Waals surface area contributed by atoms with Gasteiger partial charge in [-0.2, -0.15) is 20.2 Å². The molecular weight excluding hydrogens is 404 g/mol. The Bertz CT molecular complexity index is 1190. The number of rotatable bonds is 5. The number of nitrogens with zero attached hydrogens (tertiary/aromatic N) is 4. The van der Waals surface area contributed by atoms with Gasteiger partial charge in [0.2, 0.25) is 0 Å². The zero-order valence-electron chi connectivity index (χ0n) is 15.7. The van der Waals surface area contributed by atoms with E-state index >= 15 is 0 Å². The summed E-state index contributed by atoms with van der Waals surface area (Å²) >= 11 is 0. The van der Waals surface area contributed by atoms with Crippen LogP contribution in [0, 0.1) is 5.92 Å². The summed E-state index contributed by atoms with van der Waals surface area (Å²) in [6.07, 6.45) is 0.996. The van der Waals surface area contributed by atoms with E-state index in [0.717, 1.165) is 16.1 Å². The molecule has 0 saturated carbocycles. The minimum Gasteiger partial charge on any atom is -0.477 e. The average molecular weight is 418 g/mol. The summed E-state index contributed by atoms with van der Waals surface area (Å²) in [5, 5.41) is 28.6. The van der Waals surface area contributed by atoms with E-state index in [9.17, 15) is 29.4 Å². The second-order valence-corrected chi connectivity index (χ2v) is 6.54. The molecule has 0 spiro atoms. The normalized spacial score (nSPS) is 19.6. The van der Waals surface area contributed by atoms with Gasteiger partial charge >= 0.3 is 11.9 Å². The van der Waals surface area contributed by atoms with Crippen LogP contribution in [0.1, 0.15) is 0 Å². The highest BCUT2D eigenvalue weighted by Gasteiger charge is 2.43. The Kier molecular flexibility index (Phi) is 4.88. The topological polar surface area (TPSA) is 140 Å². The van der Waals surface area contributed by atoms with Crippen molar-refractivity contribution in [3.05, 3.63) is 72.3 Å². The van der Waals surface area contributed by atoms with Gasteiger partial charge in [0.1, 0.15) is 5.92 Å². The number of carbonyl (C=O) groups excluding carboxylic acids is 2. The number of aliphatic carboxylic acids is 2. The highest BCUT2D eigenvalue weighted by Crippen LogP contribution is 2.29. The molecule has 0 fully saturated rings. The molecule has 0 aromatic heterocycles. The zero-order chi connectivity index (χ0) is 22.1. The van der Waals surface area contributed by atoms with Crippen LogP contribution in [0.4, 0.5) is 11.4 Å². The smallest absolute Gasteiger partial charge is 0.357 e. The number of benzene rings is 2. The molecule has 0 radical (unpaired) electrons. The first-order valence-corrected chi connectivity index (χ1v) is 9.03. The molecule has 10 nitrogen and oxygen atoms in total. The van der Waals surface area contributed by atoms with Gasteiger partial charge in [0.25, 0.3) is 11.8 Å². The molecule has 10 heteroatoms. The predicted molar refractivity (Wildman–Crippen MR) is 110 cm³/mol. The van der Waals surface area contributed by atoms with E-state index in [2.05, 4.69) is 10.2 Å². The monoisotopic (exact) mass is 418 g/mol. The average Bonchev–Trinajstić information content (AvgIpc) is 3.27. The number of amides is 2. The van der Waals surface area contributed by atoms with E-state index in [1.165, 1.54) is 0 Å². The number of hydrazone groups is 2. The van der Waals surface area contributed by atoms with Gasteiger partial charge in [0, 0.05) is 0 Å². The third-order valence-electron chi connectivity index (χ3n) is 4.61. The molecule has 2 amide bonds. The molecule has 2 aromatic rings. The summed E-state index contributed by atoms with van der Waals surface area (Å²) in [6, 6.07) is 16.3. The summed E-state index contributed by atoms with van der Waals surface area (Å²) < 4.78 is 0. The van der Waals surface area contributed by atoms with Gasteiger partial charge in [-0.3, -0.25) is 9.59 Å². The summed E-state index contributed by atoms with van der Waals surface area (Å²) in [6.45, 7) is 0. The van der Waals surface area contributed by atoms with Crippen molar-refractivity contribution in [2.75, 3.05) is 10.0 Å². The first-order chi connectivity index (χ1) is 14.9. The Morgan fingerprint density at radius 1 is 0.806 bits per heavy atom. The Morgan fingerprint density at radius 3 is 1.87 bits per heavy atom. The molecule has 2 heterocycles. The lowest BCUT2D eigenvalue weighted by atomic mass is 9.97. The number of carboxylic acid groups (broad SMARTS) is 2. The maximum atomic E-state index is 12.9. The minimum atomic E-state index is -1.49. The van der Waals surface area contributed by atoms with E-state index in [1.807, 2.05) is 0 Å². The quantitative estimate of drug-likeness (QED) is 0.706. The van der Waals surface area contributed by atoms with Crippen molar-refractivity contribution in [3.63, 3.8) is 0 Å². The second-order valence-electron chi connectivity index (χ2n) is 6.54. The van der Waals surface area contributed by atoms with Gasteiger partial charge in [0.05, 0.1) is 16.9 Å². The van der Waals surface area contributed by atoms with E-state index < -0.39 is 46.7 Å². The van der Waals surface area contributed by atoms with E-state index in [1.54, 1.807) is 60.7 Å². The van der Waals surface area contributed by atoms with Crippen LogP contribution in [0.2, 0.25) is 0 Å². The van der Waals surface area contributed by atoms with Crippen LogP contribution < -0.4 is 10.0 Å². The second kappa shape index (κ2) is 7.67. The lowest BCUT2D eigenvalue weighted by Gasteiger charge is -2.13. The van der Waals surface area contributed by atoms with E-state index in [-0.39, 0.29) is 0 Å². The number of hydrogen-bond donors (Lipinski definition) is 2. The largest absolute Gasteiger partial charge is 0.477 e. The van der Waals surface area contributed by atoms with Crippen LogP contribution in [0.5, 0.6) is 0 Å². The number of carbonyl (C=O) groups is 4. The lowest BCUT2D eigenvalue weighted by molar-refractivity contribution is -0.130. The van der Waals surface area contributed by atoms with Crippen molar-refractivity contribution >= 4 is 46.6 Å². The van der Waals surface area contributed by atoms with Crippen molar-refractivity contribution in [1.82, 2.24) is 0 Å². The Hall–Kier alpha value is -4.60. The number of carboxylic acids is 2. The predicted octanol–water partition coefficient (Wildman–Crippen LogP) is 1.50. The Balaban J connectivity index is 1.75. The lowest BCUT2D eigenvalue weighted by Crippen LogP contribution is -2.30. The molecule has 154 valence electrons. The molecule has 1 atom stereocenters. The van der Waals surface area contributed by atoms with E-state index in [0.29, 0.717) is 11.4 Å². The fourth-order valence-corrected chi connectivity index (χ4v) is 3.18. The number of hydrogen-bond acceptors (Lipinski definition) is 6. The van der Waals surface area contributed by atoms with Crippen LogP contribution in [0.25, 0.3) is 0 Å². The van der Waals surface area contributed by atoms with Crippen LogP contribution in [-0.4, -0.2) is 45.4 Å². The summed E-state index contributed by atoms with van der Waals surface area (Å²) in [5.41, 5.74) is -0.853. The molecule has 2 aliphatic rings. The highest BCUT2D eigenvalue weighted by molar-refractivity contribution is 6.53. The van der Waals surface area contributed by atoms with Crippen molar-refractivity contribution in [2.45, 2.75) is 0 Å². The van der Waals surface area contributed by atoms with Gasteiger partial charge in [-0.05, 0) is 24.3 Å². The van der Waals surface area contributed by atoms with Crippen molar-refractivity contribution in [1.29, 1.82) is 0 Å². The Labute approximate surface area is 175 Å². The van der Waals surface area contributed by atoms with Gasteiger partial charge in [-0.1, -0.05) is 42.5 Å². The molecule has 0 unspecified atom stereocenters. The minimum absolute atomic E-state index is 0.324. The fourth-order valence-electron chi connectivity index (χ4n) is 3.18. The molecule has 31 heavy (non-hydrogen) atoms. The number of para-hydroxylation sites is 2. The maximum absolute atomic E-state index is 12.9. The van der Waals surface area contributed by atoms with Crippen LogP contribution in [0.3, 0.4) is 0 Å². The van der Waals surface area contributed by atoms with Crippen LogP contribution in [-0.2, 0) is 19.2 Å². The van der Waals surface area contributed by atoms with Crippen LogP contribution >= 0.6 is 0 Å². The summed E-state index contributed by atoms with van der Waals surface area (Å²) in [7, 11) is 0. The van der Waals surface area contributed by atoms with Gasteiger partial charge in [-0.25, -0.2) is 9.59 Å². The summed E-state index contributed by atoms with van der Waals surface area (Å²) in [5.74, 6) is -5.94. The number of anilines is 2. The standard InChI is InChI=1S/C21H14N4O6/c26-18-14(16(20(28)29)22-24(18)12-7-3-1-4-8-12)11-15-17(21(30)31)23-25(19(15)27)13-9-5-2-6-10-13/h1-11,14H,(H,28,29)(H,30,31)/t14-/m1/s1. The Morgan fingerprint density at radius 2 is 1.35 bits per heavy atom. The summed E-state index contributed by atoms with van der Waals surface area (Å²) in [4.78, 5) is 49.3. The van der Waals surface area contributed by atoms with Gasteiger partial charge in [-0.15, -0.1) is 0 Å². The zero-order valence-corrected chi connectivity index (χ0v) is 15.7. The SMILES string of the molecule is O=C(O)C1=NN(c2ccccc2)C(=O)C1=C[C@H]1C(=O)N(c2ccccc2)N=C1C(=O)O. The molecular formula is C21H14N4O6. The van der Waals surface area contributed by atoms with Gasteiger partial charge < -0.3 is 10.2 Å². The van der Waals surface area contributed by atoms with Crippen molar-refractivity contribution in [3.8, 4) is 0 Å². The van der Waals surface area contributed by atoms with Crippen molar-refractivity contribution < 1.29 is 29.4 Å². The van der Waals surface area contributed by atoms with Crippen LogP contribution in [0.15, 0.2) is 82.5 Å². The third-order valence-corrected chi connectivity index (χ3v) is 4.61. The molecule has 4 rings (SSSR count). The molecule has 0 aliphatic carbocycles. The first-order valence-electron chi connectivity index (χ1n) is 9.03. The van der Waals surface area contributed by atoms with E-state index in [4.69, 9.17) is 0 Å². The van der Waals surface area contributed by atoms with Gasteiger partial charge in [0.15, 0.2) is 11.4 Å². The fraction of sp³-hybridized carbons (Fsp3) is 0.0476. The third kappa shape index (κ3) is 3.46. The first kappa shape index (κ1) is 19.7. The molecule has 0 saturated heterocycles.